The number of anilines is 1. The van der Waals surface area contributed by atoms with Gasteiger partial charge in [-0.3, -0.25) is 4.90 Å². The van der Waals surface area contributed by atoms with Crippen molar-refractivity contribution < 1.29 is 0 Å². The minimum atomic E-state index is 0.574. The number of hydrogen-bond donors (Lipinski definition) is 1. The number of halogens is 1. The first-order valence-corrected chi connectivity index (χ1v) is 8.45. The summed E-state index contributed by atoms with van der Waals surface area (Å²) in [6, 6.07) is 7.76. The Morgan fingerprint density at radius 2 is 2.21 bits per heavy atom. The van der Waals surface area contributed by atoms with Crippen LogP contribution in [-0.2, 0) is 0 Å². The molecule has 3 nitrogen and oxygen atoms in total. The minimum absolute atomic E-state index is 0.574. The zero-order valence-corrected chi connectivity index (χ0v) is 13.0. The Bertz CT molecular complexity index is 608. The molecule has 2 fully saturated rings. The fourth-order valence-electron chi connectivity index (χ4n) is 2.81. The summed E-state index contributed by atoms with van der Waals surface area (Å²) >= 11 is 5.25. The summed E-state index contributed by atoms with van der Waals surface area (Å²) in [5.41, 5.74) is 1.08. The highest BCUT2D eigenvalue weighted by Crippen LogP contribution is 2.32. The summed E-state index contributed by atoms with van der Waals surface area (Å²) in [6.45, 7) is 2.43. The van der Waals surface area contributed by atoms with Crippen molar-refractivity contribution in [2.75, 3.05) is 18.4 Å². The van der Waals surface area contributed by atoms with Crippen LogP contribution in [0.4, 0.5) is 5.13 Å². The Morgan fingerprint density at radius 1 is 1.32 bits per heavy atom. The number of hydrogen-bond acceptors (Lipinski definition) is 4. The molecule has 1 saturated carbocycles. The third kappa shape index (κ3) is 2.51. The summed E-state index contributed by atoms with van der Waals surface area (Å²) in [5.74, 6) is 0. The number of nitrogens with zero attached hydrogens (tertiary/aromatic N) is 2. The highest BCUT2D eigenvalue weighted by Gasteiger charge is 2.34. The van der Waals surface area contributed by atoms with Crippen LogP contribution >= 0.6 is 27.3 Å². The molecule has 1 unspecified atom stereocenters. The van der Waals surface area contributed by atoms with Crippen LogP contribution in [0.3, 0.4) is 0 Å². The zero-order valence-electron chi connectivity index (χ0n) is 10.6. The third-order valence-electron chi connectivity index (χ3n) is 3.96. The molecule has 2 aliphatic rings. The van der Waals surface area contributed by atoms with E-state index in [4.69, 9.17) is 0 Å². The Balaban J connectivity index is 1.48. The summed E-state index contributed by atoms with van der Waals surface area (Å²) in [4.78, 5) is 7.31. The first kappa shape index (κ1) is 12.1. The molecule has 1 atom stereocenters. The molecule has 2 heterocycles. The van der Waals surface area contributed by atoms with Gasteiger partial charge in [0.05, 0.1) is 10.2 Å². The normalized spacial score (nSPS) is 24.2. The van der Waals surface area contributed by atoms with Crippen molar-refractivity contribution in [3.05, 3.63) is 22.7 Å². The lowest BCUT2D eigenvalue weighted by atomic mass is 10.3. The molecule has 1 aromatic carbocycles. The molecule has 1 saturated heterocycles. The molecule has 19 heavy (non-hydrogen) atoms. The van der Waals surface area contributed by atoms with E-state index >= 15 is 0 Å². The van der Waals surface area contributed by atoms with Crippen molar-refractivity contribution in [2.45, 2.75) is 31.3 Å². The first-order valence-electron chi connectivity index (χ1n) is 6.84. The van der Waals surface area contributed by atoms with Gasteiger partial charge in [0, 0.05) is 29.6 Å². The molecule has 0 spiro atoms. The summed E-state index contributed by atoms with van der Waals surface area (Å²) in [7, 11) is 0. The van der Waals surface area contributed by atoms with Gasteiger partial charge in [0.25, 0.3) is 0 Å². The third-order valence-corrected chi connectivity index (χ3v) is 5.42. The maximum absolute atomic E-state index is 4.68. The number of nitrogens with one attached hydrogen (secondary N) is 1. The second-order valence-electron chi connectivity index (χ2n) is 5.49. The van der Waals surface area contributed by atoms with Crippen molar-refractivity contribution in [2.24, 2.45) is 0 Å². The molecule has 5 heteroatoms. The van der Waals surface area contributed by atoms with E-state index in [1.807, 2.05) is 0 Å². The van der Waals surface area contributed by atoms with Gasteiger partial charge in [-0.2, -0.15) is 0 Å². The number of benzene rings is 1. The van der Waals surface area contributed by atoms with Crippen LogP contribution in [0.1, 0.15) is 19.3 Å². The van der Waals surface area contributed by atoms with E-state index in [1.165, 1.54) is 37.1 Å². The van der Waals surface area contributed by atoms with Crippen LogP contribution in [0.2, 0.25) is 0 Å². The van der Waals surface area contributed by atoms with E-state index in [2.05, 4.69) is 49.3 Å². The molecule has 4 rings (SSSR count). The first-order chi connectivity index (χ1) is 9.28. The van der Waals surface area contributed by atoms with E-state index in [0.29, 0.717) is 6.04 Å². The van der Waals surface area contributed by atoms with Crippen LogP contribution in [0.25, 0.3) is 10.2 Å². The monoisotopic (exact) mass is 337 g/mol. The maximum atomic E-state index is 4.68. The van der Waals surface area contributed by atoms with E-state index in [-0.39, 0.29) is 0 Å². The molecule has 100 valence electrons. The summed E-state index contributed by atoms with van der Waals surface area (Å²) in [5, 5.41) is 4.68. The zero-order chi connectivity index (χ0) is 12.8. The van der Waals surface area contributed by atoms with Crippen molar-refractivity contribution in [3.63, 3.8) is 0 Å². The fraction of sp³-hybridized carbons (Fsp3) is 0.500. The molecule has 1 aliphatic heterocycles. The lowest BCUT2D eigenvalue weighted by Crippen LogP contribution is -2.27. The van der Waals surface area contributed by atoms with Gasteiger partial charge in [-0.15, -0.1) is 0 Å². The molecule has 0 bridgehead atoms. The van der Waals surface area contributed by atoms with Gasteiger partial charge in [0.15, 0.2) is 5.13 Å². The van der Waals surface area contributed by atoms with E-state index in [0.717, 1.165) is 21.2 Å². The Morgan fingerprint density at radius 3 is 3.05 bits per heavy atom. The van der Waals surface area contributed by atoms with Crippen molar-refractivity contribution in [1.82, 2.24) is 9.88 Å². The van der Waals surface area contributed by atoms with Gasteiger partial charge in [-0.05, 0) is 37.5 Å². The van der Waals surface area contributed by atoms with Crippen molar-refractivity contribution >= 4 is 42.6 Å². The smallest absolute Gasteiger partial charge is 0.184 e. The fourth-order valence-corrected chi connectivity index (χ4v) is 4.09. The standard InChI is InChI=1S/C14H16BrN3S/c15-9-1-4-13-12(7-9)17-14(19-13)16-10-5-6-18(8-10)11-2-3-11/h1,4,7,10-11H,2-3,5-6,8H2,(H,16,17). The van der Waals surface area contributed by atoms with Crippen LogP contribution in [0.15, 0.2) is 22.7 Å². The van der Waals surface area contributed by atoms with Gasteiger partial charge < -0.3 is 5.32 Å². The van der Waals surface area contributed by atoms with E-state index < -0.39 is 0 Å². The van der Waals surface area contributed by atoms with Crippen LogP contribution in [0, 0.1) is 0 Å². The molecule has 0 amide bonds. The second kappa shape index (κ2) is 4.72. The second-order valence-corrected chi connectivity index (χ2v) is 7.43. The average Bonchev–Trinajstić information content (AvgIpc) is 3.01. The van der Waals surface area contributed by atoms with Gasteiger partial charge >= 0.3 is 0 Å². The van der Waals surface area contributed by atoms with Gasteiger partial charge in [0.2, 0.25) is 0 Å². The highest BCUT2D eigenvalue weighted by atomic mass is 79.9. The summed E-state index contributed by atoms with van der Waals surface area (Å²) in [6.07, 6.45) is 4.06. The van der Waals surface area contributed by atoms with Crippen molar-refractivity contribution in [3.8, 4) is 0 Å². The SMILES string of the molecule is Brc1ccc2sc(NC3CCN(C4CC4)C3)nc2c1. The Hall–Kier alpha value is -0.650. The average molecular weight is 338 g/mol. The van der Waals surface area contributed by atoms with Gasteiger partial charge in [0.1, 0.15) is 0 Å². The quantitative estimate of drug-likeness (QED) is 0.925. The molecule has 1 aliphatic carbocycles. The van der Waals surface area contributed by atoms with Crippen LogP contribution in [-0.4, -0.2) is 35.1 Å². The number of fused-ring (bicyclic) bond motifs is 1. The minimum Gasteiger partial charge on any atom is -0.357 e. The predicted molar refractivity (Wildman–Crippen MR) is 83.9 cm³/mol. The number of aromatic nitrogens is 1. The number of likely N-dealkylation sites (tertiary alicyclic amines) is 1. The largest absolute Gasteiger partial charge is 0.357 e. The molecule has 1 N–H and O–H groups in total. The summed E-state index contributed by atoms with van der Waals surface area (Å²) < 4.78 is 2.35. The van der Waals surface area contributed by atoms with Crippen LogP contribution in [0.5, 0.6) is 0 Å². The highest BCUT2D eigenvalue weighted by molar-refractivity contribution is 9.10. The predicted octanol–water partition coefficient (Wildman–Crippen LogP) is 3.71. The molecular formula is C14H16BrN3S. The molecular weight excluding hydrogens is 322 g/mol. The number of rotatable bonds is 3. The Labute approximate surface area is 125 Å². The lowest BCUT2D eigenvalue weighted by Gasteiger charge is -2.15. The van der Waals surface area contributed by atoms with E-state index in [9.17, 15) is 0 Å². The lowest BCUT2D eigenvalue weighted by molar-refractivity contribution is 0.326. The molecule has 1 aromatic heterocycles. The van der Waals surface area contributed by atoms with Gasteiger partial charge in [-0.1, -0.05) is 27.3 Å². The van der Waals surface area contributed by atoms with Crippen LogP contribution < -0.4 is 5.32 Å². The van der Waals surface area contributed by atoms with Crippen molar-refractivity contribution in [1.29, 1.82) is 0 Å². The van der Waals surface area contributed by atoms with E-state index in [1.54, 1.807) is 11.3 Å². The van der Waals surface area contributed by atoms with Gasteiger partial charge in [-0.25, -0.2) is 4.98 Å². The maximum Gasteiger partial charge on any atom is 0.184 e. The Kier molecular flexibility index (Phi) is 3.01. The molecule has 2 aromatic rings. The number of thiazole rings is 1. The molecule has 0 radical (unpaired) electrons. The topological polar surface area (TPSA) is 28.2 Å².